The summed E-state index contributed by atoms with van der Waals surface area (Å²) in [5.41, 5.74) is 2.29. The highest BCUT2D eigenvalue weighted by molar-refractivity contribution is 9.10. The van der Waals surface area contributed by atoms with Crippen molar-refractivity contribution in [2.75, 3.05) is 21.2 Å². The first-order valence-corrected chi connectivity index (χ1v) is 9.36. The Balaban J connectivity index is 3.01. The molecule has 0 aliphatic heterocycles. The Morgan fingerprint density at radius 2 is 2.07 bits per heavy atom. The lowest BCUT2D eigenvalue weighted by Crippen LogP contribution is -2.13. The van der Waals surface area contributed by atoms with Gasteiger partial charge in [0, 0.05) is 25.9 Å². The number of nitrogens with zero attached hydrogens (tertiary/aromatic N) is 3. The summed E-state index contributed by atoms with van der Waals surface area (Å²) in [6.45, 7) is 3.84. The Kier molecular flexibility index (Phi) is 6.92. The molecular formula is C21H21BrFN3O2. The lowest BCUT2D eigenvalue weighted by molar-refractivity contribution is 0.0601. The van der Waals surface area contributed by atoms with Gasteiger partial charge in [-0.05, 0) is 45.6 Å². The minimum Gasteiger partial charge on any atom is -0.465 e. The van der Waals surface area contributed by atoms with Gasteiger partial charge in [-0.25, -0.2) is 9.18 Å². The van der Waals surface area contributed by atoms with Gasteiger partial charge in [-0.3, -0.25) is 4.98 Å². The van der Waals surface area contributed by atoms with Crippen LogP contribution in [0.25, 0.3) is 17.2 Å². The van der Waals surface area contributed by atoms with Gasteiger partial charge in [0.15, 0.2) is 0 Å². The summed E-state index contributed by atoms with van der Waals surface area (Å²) in [4.78, 5) is 19.1. The average Bonchev–Trinajstić information content (AvgIpc) is 2.66. The fraction of sp³-hybridized carbons (Fsp3) is 0.286. The van der Waals surface area contributed by atoms with E-state index in [4.69, 9.17) is 4.74 Å². The van der Waals surface area contributed by atoms with Gasteiger partial charge in [0.2, 0.25) is 0 Å². The average molecular weight is 446 g/mol. The molecule has 1 aromatic carbocycles. The van der Waals surface area contributed by atoms with E-state index in [0.717, 1.165) is 0 Å². The van der Waals surface area contributed by atoms with E-state index in [0.29, 0.717) is 22.5 Å². The third-order valence-electron chi connectivity index (χ3n) is 4.04. The van der Waals surface area contributed by atoms with E-state index in [1.54, 1.807) is 18.3 Å². The number of benzene rings is 1. The second-order valence-electron chi connectivity index (χ2n) is 6.67. The van der Waals surface area contributed by atoms with Gasteiger partial charge in [0.05, 0.1) is 34.1 Å². The van der Waals surface area contributed by atoms with Crippen LogP contribution in [-0.4, -0.2) is 37.1 Å². The van der Waals surface area contributed by atoms with Gasteiger partial charge in [0.1, 0.15) is 11.9 Å². The molecule has 146 valence electrons. The summed E-state index contributed by atoms with van der Waals surface area (Å²) < 4.78 is 19.0. The maximum atomic E-state index is 13.8. The highest BCUT2D eigenvalue weighted by atomic mass is 79.9. The number of carbonyl (C=O) groups excluding carboxylic acids is 1. The first-order valence-electron chi connectivity index (χ1n) is 8.57. The van der Waals surface area contributed by atoms with Crippen LogP contribution >= 0.6 is 15.9 Å². The van der Waals surface area contributed by atoms with E-state index in [2.05, 4.69) is 27.0 Å². The minimum absolute atomic E-state index is 0.0597. The van der Waals surface area contributed by atoms with Crippen LogP contribution in [0.2, 0.25) is 0 Å². The summed E-state index contributed by atoms with van der Waals surface area (Å²) in [7, 11) is 4.97. The Morgan fingerprint density at radius 3 is 2.57 bits per heavy atom. The molecule has 0 N–H and O–H groups in total. The zero-order chi connectivity index (χ0) is 21.0. The molecular weight excluding hydrogens is 425 g/mol. The maximum Gasteiger partial charge on any atom is 0.340 e. The molecule has 5 nitrogen and oxygen atoms in total. The number of halogens is 2. The van der Waals surface area contributed by atoms with Crippen LogP contribution in [0.4, 0.5) is 4.39 Å². The van der Waals surface area contributed by atoms with E-state index in [-0.39, 0.29) is 21.5 Å². The number of ether oxygens (including phenoxy) is 1. The monoisotopic (exact) mass is 445 g/mol. The van der Waals surface area contributed by atoms with Gasteiger partial charge < -0.3 is 9.64 Å². The van der Waals surface area contributed by atoms with Crippen molar-refractivity contribution in [3.8, 4) is 17.2 Å². The molecule has 2 rings (SSSR count). The van der Waals surface area contributed by atoms with Gasteiger partial charge in [-0.1, -0.05) is 19.9 Å². The molecule has 0 amide bonds. The van der Waals surface area contributed by atoms with Gasteiger partial charge >= 0.3 is 5.97 Å². The first kappa shape index (κ1) is 21.6. The standard InChI is InChI=1S/C21H21BrFN3O2/c1-12(2)20-14(11-24)18(13-6-7-16(23)15(22)10-13)19(21(27)28-5)17(25-20)8-9-26(3)4/h6-10,12H,1-5H3. The molecule has 0 unspecified atom stereocenters. The fourth-order valence-corrected chi connectivity index (χ4v) is 3.12. The summed E-state index contributed by atoms with van der Waals surface area (Å²) in [5, 5.41) is 9.87. The Bertz CT molecular complexity index is 979. The molecule has 7 heteroatoms. The molecule has 1 aromatic heterocycles. The molecule has 1 heterocycles. The number of pyridine rings is 1. The maximum absolute atomic E-state index is 13.8. The van der Waals surface area contributed by atoms with Crippen LogP contribution in [0.1, 0.15) is 47.1 Å². The lowest BCUT2D eigenvalue weighted by Gasteiger charge is -2.18. The highest BCUT2D eigenvalue weighted by Gasteiger charge is 2.26. The van der Waals surface area contributed by atoms with E-state index in [9.17, 15) is 14.4 Å². The van der Waals surface area contributed by atoms with Crippen molar-refractivity contribution in [1.82, 2.24) is 9.88 Å². The molecule has 0 radical (unpaired) electrons. The molecule has 0 fully saturated rings. The fourth-order valence-electron chi connectivity index (χ4n) is 2.74. The predicted octanol–water partition coefficient (Wildman–Crippen LogP) is 4.96. The minimum atomic E-state index is -0.617. The van der Waals surface area contributed by atoms with Gasteiger partial charge in [0.25, 0.3) is 0 Å². The Labute approximate surface area is 172 Å². The van der Waals surface area contributed by atoms with Crippen LogP contribution in [0.15, 0.2) is 28.9 Å². The molecule has 2 aromatic rings. The van der Waals surface area contributed by atoms with Crippen molar-refractivity contribution in [3.63, 3.8) is 0 Å². The topological polar surface area (TPSA) is 66.2 Å². The smallest absolute Gasteiger partial charge is 0.340 e. The summed E-state index contributed by atoms with van der Waals surface area (Å²) >= 11 is 3.17. The number of hydrogen-bond acceptors (Lipinski definition) is 5. The number of hydrogen-bond donors (Lipinski definition) is 0. The Hall–Kier alpha value is -2.72. The van der Waals surface area contributed by atoms with Crippen molar-refractivity contribution in [2.24, 2.45) is 0 Å². The summed E-state index contributed by atoms with van der Waals surface area (Å²) in [6.07, 6.45) is 3.46. The largest absolute Gasteiger partial charge is 0.465 e. The second kappa shape index (κ2) is 8.98. The molecule has 0 aliphatic carbocycles. The van der Waals surface area contributed by atoms with Crippen molar-refractivity contribution in [3.05, 3.63) is 57.2 Å². The van der Waals surface area contributed by atoms with Crippen LogP contribution in [0, 0.1) is 17.1 Å². The third-order valence-corrected chi connectivity index (χ3v) is 4.65. The quantitative estimate of drug-likeness (QED) is 0.608. The molecule has 0 aliphatic rings. The van der Waals surface area contributed by atoms with Crippen molar-refractivity contribution >= 4 is 28.0 Å². The zero-order valence-electron chi connectivity index (χ0n) is 16.4. The SMILES string of the molecule is COC(=O)c1c(C=CN(C)C)nc(C(C)C)c(C#N)c1-c1ccc(F)c(Br)c1. The second-order valence-corrected chi connectivity index (χ2v) is 7.53. The van der Waals surface area contributed by atoms with E-state index in [1.165, 1.54) is 19.2 Å². The molecule has 0 saturated carbocycles. The summed E-state index contributed by atoms with van der Waals surface area (Å²) in [5.74, 6) is -1.11. The molecule has 0 spiro atoms. The molecule has 0 bridgehead atoms. The lowest BCUT2D eigenvalue weighted by atomic mass is 9.89. The van der Waals surface area contributed by atoms with Crippen molar-refractivity contribution < 1.29 is 13.9 Å². The van der Waals surface area contributed by atoms with Crippen molar-refractivity contribution in [1.29, 1.82) is 5.26 Å². The number of rotatable bonds is 5. The predicted molar refractivity (Wildman–Crippen MR) is 110 cm³/mol. The number of carbonyl (C=O) groups is 1. The van der Waals surface area contributed by atoms with Crippen molar-refractivity contribution in [2.45, 2.75) is 19.8 Å². The molecule has 0 atom stereocenters. The van der Waals surface area contributed by atoms with E-state index >= 15 is 0 Å². The third kappa shape index (κ3) is 4.39. The number of aromatic nitrogens is 1. The summed E-state index contributed by atoms with van der Waals surface area (Å²) in [6, 6.07) is 6.54. The number of nitriles is 1. The van der Waals surface area contributed by atoms with E-state index in [1.807, 2.05) is 32.8 Å². The van der Waals surface area contributed by atoms with Crippen LogP contribution < -0.4 is 0 Å². The van der Waals surface area contributed by atoms with E-state index < -0.39 is 11.8 Å². The Morgan fingerprint density at radius 1 is 1.39 bits per heavy atom. The normalized spacial score (nSPS) is 11.0. The number of methoxy groups -OCH3 is 1. The van der Waals surface area contributed by atoms with Crippen LogP contribution in [0.3, 0.4) is 0 Å². The van der Waals surface area contributed by atoms with Crippen LogP contribution in [0.5, 0.6) is 0 Å². The molecule has 0 saturated heterocycles. The first-order chi connectivity index (χ1) is 13.2. The van der Waals surface area contributed by atoms with Gasteiger partial charge in [-0.15, -0.1) is 0 Å². The van der Waals surface area contributed by atoms with Gasteiger partial charge in [-0.2, -0.15) is 5.26 Å². The highest BCUT2D eigenvalue weighted by Crippen LogP contribution is 2.36. The molecule has 28 heavy (non-hydrogen) atoms. The van der Waals surface area contributed by atoms with Crippen LogP contribution in [-0.2, 0) is 4.74 Å². The zero-order valence-corrected chi connectivity index (χ0v) is 18.0. The number of esters is 1.